The molecule has 0 radical (unpaired) electrons. The average molecular weight is 514 g/mol. The summed E-state index contributed by atoms with van der Waals surface area (Å²) in [5, 5.41) is 13.0. The Hall–Kier alpha value is -2.12. The fraction of sp³-hybridized carbons (Fsp3) is 0.733. The summed E-state index contributed by atoms with van der Waals surface area (Å²) in [6.45, 7) is 6.22. The van der Waals surface area contributed by atoms with Gasteiger partial charge in [0, 0.05) is 31.5 Å². The molecule has 1 heterocycles. The summed E-state index contributed by atoms with van der Waals surface area (Å²) in [7, 11) is 2.17. The molecule has 7 heteroatoms. The van der Waals surface area contributed by atoms with Crippen LogP contribution in [0.15, 0.2) is 18.2 Å². The summed E-state index contributed by atoms with van der Waals surface area (Å²) >= 11 is 0. The molecule has 3 aliphatic rings. The van der Waals surface area contributed by atoms with E-state index in [0.717, 1.165) is 44.7 Å². The minimum absolute atomic E-state index is 0.0103. The van der Waals surface area contributed by atoms with Crippen molar-refractivity contribution in [1.82, 2.24) is 9.80 Å². The highest BCUT2D eigenvalue weighted by atomic mass is 16.5. The van der Waals surface area contributed by atoms with Gasteiger partial charge in [-0.25, -0.2) is 0 Å². The van der Waals surface area contributed by atoms with E-state index < -0.39 is 0 Å². The van der Waals surface area contributed by atoms with Crippen LogP contribution in [-0.4, -0.2) is 72.2 Å². The van der Waals surface area contributed by atoms with Crippen LogP contribution in [-0.2, 0) is 4.79 Å². The highest BCUT2D eigenvalue weighted by molar-refractivity contribution is 6.02. The van der Waals surface area contributed by atoms with Crippen molar-refractivity contribution in [3.8, 4) is 5.75 Å². The molecule has 2 saturated carbocycles. The minimum atomic E-state index is -0.304. The van der Waals surface area contributed by atoms with Gasteiger partial charge in [0.25, 0.3) is 5.91 Å². The van der Waals surface area contributed by atoms with Crippen molar-refractivity contribution < 1.29 is 19.4 Å². The largest absolute Gasteiger partial charge is 0.486 e. The van der Waals surface area contributed by atoms with Crippen molar-refractivity contribution in [2.24, 2.45) is 17.8 Å². The van der Waals surface area contributed by atoms with E-state index in [-0.39, 0.29) is 42.4 Å². The summed E-state index contributed by atoms with van der Waals surface area (Å²) < 4.78 is 6.69. The third kappa shape index (κ3) is 7.05. The van der Waals surface area contributed by atoms with Gasteiger partial charge in [0.05, 0.1) is 23.9 Å². The predicted molar refractivity (Wildman–Crippen MR) is 147 cm³/mol. The smallest absolute Gasteiger partial charge is 0.258 e. The lowest BCUT2D eigenvalue weighted by molar-refractivity contribution is -0.120. The SMILES string of the molecule is C[C@H](CO)N1C[C@H](C)[C@@H](CN(C)CC2CCCCC2)Oc2c(NC(=O)C3CCCCC3)cccc2C1=O. The second kappa shape index (κ2) is 13.1. The number of anilines is 1. The number of carbonyl (C=O) groups is 2. The van der Waals surface area contributed by atoms with Gasteiger partial charge in [0.2, 0.25) is 5.91 Å². The van der Waals surface area contributed by atoms with E-state index in [9.17, 15) is 14.7 Å². The van der Waals surface area contributed by atoms with Gasteiger partial charge >= 0.3 is 0 Å². The molecule has 37 heavy (non-hydrogen) atoms. The van der Waals surface area contributed by atoms with E-state index in [1.165, 1.54) is 38.5 Å². The maximum Gasteiger partial charge on any atom is 0.258 e. The molecular formula is C30H47N3O4. The van der Waals surface area contributed by atoms with Gasteiger partial charge in [-0.1, -0.05) is 51.5 Å². The zero-order chi connectivity index (χ0) is 26.4. The molecule has 0 bridgehead atoms. The summed E-state index contributed by atoms with van der Waals surface area (Å²) in [5.74, 6) is 1.12. The first kappa shape index (κ1) is 27.9. The second-order valence-corrected chi connectivity index (χ2v) is 11.9. The molecule has 2 N–H and O–H groups in total. The molecule has 0 unspecified atom stereocenters. The fourth-order valence-corrected chi connectivity index (χ4v) is 6.35. The number of likely N-dealkylation sites (N-methyl/N-ethyl adjacent to an activating group) is 1. The normalized spacial score (nSPS) is 24.7. The minimum Gasteiger partial charge on any atom is -0.486 e. The van der Waals surface area contributed by atoms with Crippen molar-refractivity contribution in [3.63, 3.8) is 0 Å². The fourth-order valence-electron chi connectivity index (χ4n) is 6.35. The van der Waals surface area contributed by atoms with E-state index in [0.29, 0.717) is 23.5 Å². The standard InChI is InChI=1S/C30H47N3O4/c1-21-17-33(22(2)20-34)30(36)25-15-10-16-26(31-29(35)24-13-8-5-9-14-24)28(25)37-27(21)19-32(3)18-23-11-6-4-7-12-23/h10,15-16,21-24,27,34H,4-9,11-14,17-20H2,1-3H3,(H,31,35)/t21-,22+,27+/m0/s1. The Morgan fingerprint density at radius 1 is 1.11 bits per heavy atom. The summed E-state index contributed by atoms with van der Waals surface area (Å²) in [4.78, 5) is 31.0. The summed E-state index contributed by atoms with van der Waals surface area (Å²) in [5.41, 5.74) is 1.03. The molecular weight excluding hydrogens is 466 g/mol. The average Bonchev–Trinajstić information content (AvgIpc) is 2.91. The predicted octanol–water partition coefficient (Wildman–Crippen LogP) is 4.94. The Labute approximate surface area is 222 Å². The maximum absolute atomic E-state index is 13.7. The van der Waals surface area contributed by atoms with Gasteiger partial charge in [0.1, 0.15) is 6.10 Å². The number of ether oxygens (including phenoxy) is 1. The third-order valence-corrected chi connectivity index (χ3v) is 8.71. The molecule has 2 aliphatic carbocycles. The molecule has 0 aromatic heterocycles. The molecule has 1 aliphatic heterocycles. The van der Waals surface area contributed by atoms with Crippen LogP contribution in [0.2, 0.25) is 0 Å². The Balaban J connectivity index is 1.60. The van der Waals surface area contributed by atoms with Crippen LogP contribution < -0.4 is 10.1 Å². The quantitative estimate of drug-likeness (QED) is 0.515. The lowest BCUT2D eigenvalue weighted by Crippen LogP contribution is -2.50. The van der Waals surface area contributed by atoms with E-state index in [2.05, 4.69) is 24.2 Å². The number of hydrogen-bond acceptors (Lipinski definition) is 5. The molecule has 0 spiro atoms. The second-order valence-electron chi connectivity index (χ2n) is 11.9. The van der Waals surface area contributed by atoms with Crippen molar-refractivity contribution in [2.75, 3.05) is 38.6 Å². The van der Waals surface area contributed by atoms with Crippen LogP contribution in [0, 0.1) is 17.8 Å². The van der Waals surface area contributed by atoms with Crippen molar-refractivity contribution in [1.29, 1.82) is 0 Å². The van der Waals surface area contributed by atoms with Crippen molar-refractivity contribution in [2.45, 2.75) is 90.2 Å². The van der Waals surface area contributed by atoms with E-state index in [1.807, 2.05) is 19.1 Å². The lowest BCUT2D eigenvalue weighted by Gasteiger charge is -2.39. The molecule has 7 nitrogen and oxygen atoms in total. The van der Waals surface area contributed by atoms with E-state index in [4.69, 9.17) is 4.74 Å². The summed E-state index contributed by atoms with van der Waals surface area (Å²) in [6, 6.07) is 5.14. The molecule has 2 fully saturated rings. The zero-order valence-electron chi connectivity index (χ0n) is 23.1. The van der Waals surface area contributed by atoms with Gasteiger partial charge in [-0.3, -0.25) is 9.59 Å². The Morgan fingerprint density at radius 2 is 1.78 bits per heavy atom. The van der Waals surface area contributed by atoms with Crippen LogP contribution in [0.1, 0.15) is 88.4 Å². The van der Waals surface area contributed by atoms with Crippen LogP contribution >= 0.6 is 0 Å². The Morgan fingerprint density at radius 3 is 2.46 bits per heavy atom. The molecule has 3 atom stereocenters. The lowest BCUT2D eigenvalue weighted by atomic mass is 9.88. The number of carbonyl (C=O) groups excluding carboxylic acids is 2. The van der Waals surface area contributed by atoms with Gasteiger partial charge in [-0.2, -0.15) is 0 Å². The highest BCUT2D eigenvalue weighted by Gasteiger charge is 2.35. The molecule has 2 amide bonds. The number of amides is 2. The van der Waals surface area contributed by atoms with Gasteiger partial charge in [-0.15, -0.1) is 0 Å². The molecule has 1 aromatic rings. The van der Waals surface area contributed by atoms with E-state index in [1.54, 1.807) is 11.0 Å². The monoisotopic (exact) mass is 513 g/mol. The first-order valence-electron chi connectivity index (χ1n) is 14.6. The van der Waals surface area contributed by atoms with Crippen LogP contribution in [0.3, 0.4) is 0 Å². The third-order valence-electron chi connectivity index (χ3n) is 8.71. The first-order chi connectivity index (χ1) is 17.9. The van der Waals surface area contributed by atoms with Crippen LogP contribution in [0.5, 0.6) is 5.75 Å². The number of nitrogens with one attached hydrogen (secondary N) is 1. The number of fused-ring (bicyclic) bond motifs is 1. The Kier molecular flexibility index (Phi) is 9.88. The van der Waals surface area contributed by atoms with Gasteiger partial charge < -0.3 is 25.0 Å². The number of nitrogens with zero attached hydrogens (tertiary/aromatic N) is 2. The number of para-hydroxylation sites is 1. The highest BCUT2D eigenvalue weighted by Crippen LogP contribution is 2.36. The molecule has 0 saturated heterocycles. The zero-order valence-corrected chi connectivity index (χ0v) is 23.1. The number of aliphatic hydroxyl groups is 1. The van der Waals surface area contributed by atoms with Gasteiger partial charge in [-0.05, 0) is 57.7 Å². The number of hydrogen-bond donors (Lipinski definition) is 2. The molecule has 206 valence electrons. The van der Waals surface area contributed by atoms with Crippen LogP contribution in [0.4, 0.5) is 5.69 Å². The van der Waals surface area contributed by atoms with Gasteiger partial charge in [0.15, 0.2) is 5.75 Å². The van der Waals surface area contributed by atoms with E-state index >= 15 is 0 Å². The van der Waals surface area contributed by atoms with Crippen molar-refractivity contribution >= 4 is 17.5 Å². The number of rotatable bonds is 8. The first-order valence-corrected chi connectivity index (χ1v) is 14.6. The summed E-state index contributed by atoms with van der Waals surface area (Å²) in [6.07, 6.45) is 11.6. The Bertz CT molecular complexity index is 910. The number of aliphatic hydroxyl groups excluding tert-OH is 1. The molecule has 4 rings (SSSR count). The maximum atomic E-state index is 13.7. The number of benzene rings is 1. The molecule has 1 aromatic carbocycles. The van der Waals surface area contributed by atoms with Crippen LogP contribution in [0.25, 0.3) is 0 Å². The van der Waals surface area contributed by atoms with Crippen molar-refractivity contribution in [3.05, 3.63) is 23.8 Å². The topological polar surface area (TPSA) is 82.1 Å².